The van der Waals surface area contributed by atoms with Crippen LogP contribution in [0.2, 0.25) is 0 Å². The molecule has 18 heteroatoms. The second-order valence-corrected chi connectivity index (χ2v) is 11.6. The molecule has 1 nitrogen and oxygen atoms in total. The molecule has 1 aliphatic heterocycles. The van der Waals surface area contributed by atoms with Crippen LogP contribution in [0.15, 0.2) is 54.6 Å². The van der Waals surface area contributed by atoms with Crippen LogP contribution in [0.25, 0.3) is 0 Å². The molecule has 3 aromatic carbocycles. The van der Waals surface area contributed by atoms with E-state index in [-0.39, 0.29) is 22.3 Å². The number of benzene rings is 3. The first-order valence-electron chi connectivity index (χ1n) is 13.6. The molecule has 49 heavy (non-hydrogen) atoms. The van der Waals surface area contributed by atoms with E-state index in [1.54, 1.807) is 0 Å². The summed E-state index contributed by atoms with van der Waals surface area (Å²) in [6, 6.07) is 7.55. The van der Waals surface area contributed by atoms with Crippen LogP contribution in [-0.2, 0) is 5.41 Å². The largest absolute Gasteiger partial charge is 0.460 e. The highest BCUT2D eigenvalue weighted by molar-refractivity contribution is 5.68. The van der Waals surface area contributed by atoms with Gasteiger partial charge >= 0.3 is 47.6 Å². The number of aryl methyl sites for hydroxylation is 4. The van der Waals surface area contributed by atoms with Crippen LogP contribution in [0, 0.1) is 27.7 Å². The van der Waals surface area contributed by atoms with E-state index in [4.69, 9.17) is 4.74 Å². The fourth-order valence-corrected chi connectivity index (χ4v) is 5.52. The summed E-state index contributed by atoms with van der Waals surface area (Å²) >= 11 is 0. The van der Waals surface area contributed by atoms with Crippen LogP contribution >= 0.6 is 0 Å². The van der Waals surface area contributed by atoms with E-state index in [9.17, 15) is 48.3 Å². The third-order valence-corrected chi connectivity index (χ3v) is 8.62. The smallest absolute Gasteiger partial charge is 0.457 e. The minimum absolute atomic E-state index is 0.0216. The molecule has 1 aliphatic rings. The highest BCUT2D eigenvalue weighted by atomic mass is 19.4. The SMILES string of the molecule is Cc1cc2c(cc1C)C(c1ccccc1)(C(F)(F)C(F)(F)C(F)(F)C(F)(F)C(F)(F)C(F)(F)C(F)(F)C(F)(F)F)c1cc(C)c(C)cc1O2. The van der Waals surface area contributed by atoms with Crippen molar-refractivity contribution in [2.75, 3.05) is 0 Å². The molecular formula is C31H21F17O. The molecule has 0 amide bonds. The standard InChI is InChI=1S/C31H21F17O/c1-14-10-19-21(12-16(14)3)49-22-13-17(4)15(2)11-20(22)23(19,18-8-6-5-7-9-18)24(32,33)25(34,35)26(36,37)27(38,39)28(40,41)29(42,43)30(44,45)31(46,47)48/h5-13H,1-4H3. The minimum atomic E-state index is -8.74. The van der Waals surface area contributed by atoms with Crippen molar-refractivity contribution in [2.24, 2.45) is 0 Å². The number of halogens is 17. The lowest BCUT2D eigenvalue weighted by molar-refractivity contribution is -0.463. The Morgan fingerprint density at radius 1 is 0.429 bits per heavy atom. The van der Waals surface area contributed by atoms with Crippen molar-refractivity contribution in [3.63, 3.8) is 0 Å². The molecule has 0 radical (unpaired) electrons. The van der Waals surface area contributed by atoms with Gasteiger partial charge in [0.05, 0.1) is 0 Å². The maximum absolute atomic E-state index is 17.0. The number of hydrogen-bond acceptors (Lipinski definition) is 1. The molecule has 270 valence electrons. The van der Waals surface area contributed by atoms with Crippen LogP contribution in [0.1, 0.15) is 38.9 Å². The Hall–Kier alpha value is -3.73. The molecule has 0 bridgehead atoms. The molecule has 0 aliphatic carbocycles. The average Bonchev–Trinajstić information content (AvgIpc) is 2.97. The maximum atomic E-state index is 17.0. The zero-order valence-corrected chi connectivity index (χ0v) is 25.0. The van der Waals surface area contributed by atoms with Gasteiger partial charge in [0, 0.05) is 11.1 Å². The summed E-state index contributed by atoms with van der Waals surface area (Å²) in [4.78, 5) is 0. The Labute approximate surface area is 265 Å². The van der Waals surface area contributed by atoms with Crippen LogP contribution in [0.4, 0.5) is 74.6 Å². The van der Waals surface area contributed by atoms with Crippen molar-refractivity contribution in [1.82, 2.24) is 0 Å². The fourth-order valence-electron chi connectivity index (χ4n) is 5.52. The van der Waals surface area contributed by atoms with Crippen molar-refractivity contribution in [1.29, 1.82) is 0 Å². The fraction of sp³-hybridized carbons (Fsp3) is 0.419. The van der Waals surface area contributed by atoms with Gasteiger partial charge in [-0.25, -0.2) is 0 Å². The number of alkyl halides is 17. The highest BCUT2D eigenvalue weighted by Crippen LogP contribution is 2.69. The molecule has 0 aromatic heterocycles. The maximum Gasteiger partial charge on any atom is 0.460 e. The molecule has 0 saturated heterocycles. The summed E-state index contributed by atoms with van der Waals surface area (Å²) in [5.41, 5.74) is -7.12. The summed E-state index contributed by atoms with van der Waals surface area (Å²) in [6.07, 6.45) is -7.84. The van der Waals surface area contributed by atoms with Gasteiger partial charge in [0.1, 0.15) is 16.9 Å². The lowest BCUT2D eigenvalue weighted by Crippen LogP contribution is -2.76. The van der Waals surface area contributed by atoms with Crippen LogP contribution in [-0.4, -0.2) is 47.6 Å². The van der Waals surface area contributed by atoms with Crippen molar-refractivity contribution in [3.05, 3.63) is 93.5 Å². The van der Waals surface area contributed by atoms with Gasteiger partial charge in [0.25, 0.3) is 0 Å². The first-order valence-corrected chi connectivity index (χ1v) is 13.6. The monoisotopic (exact) mass is 732 g/mol. The normalized spacial score (nSPS) is 16.2. The van der Waals surface area contributed by atoms with Gasteiger partial charge < -0.3 is 4.74 Å². The highest BCUT2D eigenvalue weighted by Gasteiger charge is 2.96. The van der Waals surface area contributed by atoms with Crippen LogP contribution < -0.4 is 4.74 Å². The second kappa shape index (κ2) is 10.9. The number of fused-ring (bicyclic) bond motifs is 2. The Balaban J connectivity index is 2.15. The van der Waals surface area contributed by atoms with Crippen LogP contribution in [0.3, 0.4) is 0 Å². The summed E-state index contributed by atoms with van der Waals surface area (Å²) < 4.78 is 253. The van der Waals surface area contributed by atoms with Crippen LogP contribution in [0.5, 0.6) is 11.5 Å². The first kappa shape index (κ1) is 38.1. The molecule has 0 unspecified atom stereocenters. The van der Waals surface area contributed by atoms with Crippen molar-refractivity contribution < 1.29 is 79.4 Å². The third-order valence-electron chi connectivity index (χ3n) is 8.62. The zero-order valence-electron chi connectivity index (χ0n) is 25.0. The first-order chi connectivity index (χ1) is 21.9. The molecule has 0 fully saturated rings. The predicted octanol–water partition coefficient (Wildman–Crippen LogP) is 11.4. The average molecular weight is 732 g/mol. The molecule has 3 aromatic rings. The van der Waals surface area contributed by atoms with E-state index >= 15 is 26.3 Å². The van der Waals surface area contributed by atoms with E-state index < -0.39 is 81.2 Å². The summed E-state index contributed by atoms with van der Waals surface area (Å²) in [7, 11) is 0. The Kier molecular flexibility index (Phi) is 8.46. The molecule has 1 heterocycles. The zero-order chi connectivity index (χ0) is 37.8. The third kappa shape index (κ3) is 4.66. The molecule has 0 atom stereocenters. The lowest BCUT2D eigenvalue weighted by Gasteiger charge is -2.50. The van der Waals surface area contributed by atoms with Crippen molar-refractivity contribution in [3.8, 4) is 11.5 Å². The quantitative estimate of drug-likeness (QED) is 0.210. The van der Waals surface area contributed by atoms with E-state index in [0.717, 1.165) is 30.3 Å². The van der Waals surface area contributed by atoms with E-state index in [2.05, 4.69) is 0 Å². The molecule has 4 rings (SSSR count). The minimum Gasteiger partial charge on any atom is -0.457 e. The summed E-state index contributed by atoms with van der Waals surface area (Å²) in [5, 5.41) is 0. The number of rotatable bonds is 8. The van der Waals surface area contributed by atoms with Gasteiger partial charge in [0.2, 0.25) is 0 Å². The van der Waals surface area contributed by atoms with E-state index in [1.165, 1.54) is 27.7 Å². The summed E-state index contributed by atoms with van der Waals surface area (Å²) in [5.74, 6) is -59.1. The van der Waals surface area contributed by atoms with Crippen molar-refractivity contribution in [2.45, 2.75) is 80.7 Å². The molecule has 0 spiro atoms. The molecule has 0 N–H and O–H groups in total. The van der Waals surface area contributed by atoms with E-state index in [1.807, 2.05) is 0 Å². The molecule has 0 saturated carbocycles. The van der Waals surface area contributed by atoms with Crippen molar-refractivity contribution >= 4 is 0 Å². The topological polar surface area (TPSA) is 9.23 Å². The predicted molar refractivity (Wildman–Crippen MR) is 139 cm³/mol. The van der Waals surface area contributed by atoms with E-state index in [0.29, 0.717) is 24.3 Å². The number of ether oxygens (including phenoxy) is 1. The molecular weight excluding hydrogens is 711 g/mol. The van der Waals surface area contributed by atoms with Gasteiger partial charge in [-0.3, -0.25) is 0 Å². The van der Waals surface area contributed by atoms with Gasteiger partial charge in [-0.2, -0.15) is 74.6 Å². The Bertz CT molecular complexity index is 1700. The summed E-state index contributed by atoms with van der Waals surface area (Å²) in [6.45, 7) is 5.15. The van der Waals surface area contributed by atoms with Gasteiger partial charge in [-0.1, -0.05) is 42.5 Å². The number of hydrogen-bond donors (Lipinski definition) is 0. The Morgan fingerprint density at radius 3 is 1.12 bits per heavy atom. The lowest BCUT2D eigenvalue weighted by atomic mass is 9.60. The van der Waals surface area contributed by atoms with Gasteiger partial charge in [-0.05, 0) is 67.6 Å². The van der Waals surface area contributed by atoms with Gasteiger partial charge in [-0.15, -0.1) is 0 Å². The van der Waals surface area contributed by atoms with Gasteiger partial charge in [0.15, 0.2) is 0 Å². The Morgan fingerprint density at radius 2 is 0.755 bits per heavy atom. The second-order valence-electron chi connectivity index (χ2n) is 11.6.